The molecule has 2 rings (SSSR count). The normalized spacial score (nSPS) is 21.5. The van der Waals surface area contributed by atoms with Crippen molar-refractivity contribution in [3.05, 3.63) is 29.3 Å². The first-order valence-electron chi connectivity index (χ1n) is 8.46. The molecule has 2 unspecified atom stereocenters. The molecule has 0 saturated heterocycles. The highest BCUT2D eigenvalue weighted by molar-refractivity contribution is 5.71. The third kappa shape index (κ3) is 5.05. The van der Waals surface area contributed by atoms with E-state index in [2.05, 4.69) is 29.3 Å². The molecule has 0 radical (unpaired) electrons. The Hall–Kier alpha value is -1.91. The van der Waals surface area contributed by atoms with Crippen LogP contribution in [0.5, 0.6) is 0 Å². The Bertz CT molecular complexity index is 557. The zero-order chi connectivity index (χ0) is 16.7. The van der Waals surface area contributed by atoms with Crippen molar-refractivity contribution >= 4 is 11.7 Å². The lowest BCUT2D eigenvalue weighted by atomic mass is 9.75. The van der Waals surface area contributed by atoms with Crippen molar-refractivity contribution in [3.8, 4) is 0 Å². The molecule has 1 aromatic carbocycles. The smallest absolute Gasteiger partial charge is 0.329 e. The van der Waals surface area contributed by atoms with Crippen LogP contribution in [0.15, 0.2) is 28.4 Å². The highest BCUT2D eigenvalue weighted by Crippen LogP contribution is 2.40. The molecule has 2 N–H and O–H groups in total. The van der Waals surface area contributed by atoms with Crippen LogP contribution in [-0.4, -0.2) is 25.7 Å². The van der Waals surface area contributed by atoms with Gasteiger partial charge in [-0.1, -0.05) is 25.0 Å². The Kier molecular flexibility index (Phi) is 6.56. The molecule has 126 valence electrons. The summed E-state index contributed by atoms with van der Waals surface area (Å²) in [5.41, 5.74) is 9.53. The van der Waals surface area contributed by atoms with Gasteiger partial charge in [0.25, 0.3) is 0 Å². The molecule has 5 heteroatoms. The van der Waals surface area contributed by atoms with E-state index in [0.29, 0.717) is 25.0 Å². The van der Waals surface area contributed by atoms with E-state index in [-0.39, 0.29) is 12.5 Å². The molecule has 0 heterocycles. The molecule has 2 atom stereocenters. The van der Waals surface area contributed by atoms with Crippen LogP contribution < -0.4 is 5.73 Å². The van der Waals surface area contributed by atoms with Crippen LogP contribution in [0.3, 0.4) is 0 Å². The SMILES string of the molecule is CCOC(=O)CN=NCC1CCCCC1c1ccc(C)cc1N. The molecule has 0 aliphatic heterocycles. The maximum Gasteiger partial charge on any atom is 0.329 e. The van der Waals surface area contributed by atoms with Gasteiger partial charge in [-0.3, -0.25) is 0 Å². The van der Waals surface area contributed by atoms with Crippen molar-refractivity contribution in [1.29, 1.82) is 0 Å². The van der Waals surface area contributed by atoms with Gasteiger partial charge in [-0.25, -0.2) is 4.79 Å². The number of ether oxygens (including phenoxy) is 1. The summed E-state index contributed by atoms with van der Waals surface area (Å²) in [6.07, 6.45) is 4.73. The van der Waals surface area contributed by atoms with E-state index < -0.39 is 0 Å². The highest BCUT2D eigenvalue weighted by Gasteiger charge is 2.27. The summed E-state index contributed by atoms with van der Waals surface area (Å²) in [4.78, 5) is 11.3. The van der Waals surface area contributed by atoms with E-state index in [9.17, 15) is 4.79 Å². The fourth-order valence-electron chi connectivity index (χ4n) is 3.34. The van der Waals surface area contributed by atoms with Crippen LogP contribution in [0.4, 0.5) is 5.69 Å². The second kappa shape index (κ2) is 8.65. The lowest BCUT2D eigenvalue weighted by Crippen LogP contribution is -2.21. The molecule has 23 heavy (non-hydrogen) atoms. The van der Waals surface area contributed by atoms with Crippen molar-refractivity contribution in [1.82, 2.24) is 0 Å². The quantitative estimate of drug-likeness (QED) is 0.491. The van der Waals surface area contributed by atoms with Crippen molar-refractivity contribution in [2.75, 3.05) is 25.4 Å². The molecule has 0 bridgehead atoms. The lowest BCUT2D eigenvalue weighted by molar-refractivity contribution is -0.141. The van der Waals surface area contributed by atoms with Gasteiger partial charge in [0.2, 0.25) is 0 Å². The molecule has 0 aromatic heterocycles. The summed E-state index contributed by atoms with van der Waals surface area (Å²) in [5.74, 6) is 0.560. The maximum absolute atomic E-state index is 11.3. The van der Waals surface area contributed by atoms with Gasteiger partial charge in [-0.2, -0.15) is 10.2 Å². The Morgan fingerprint density at radius 2 is 2.09 bits per heavy atom. The minimum Gasteiger partial charge on any atom is -0.465 e. The first-order chi connectivity index (χ1) is 11.1. The zero-order valence-electron chi connectivity index (χ0n) is 14.1. The van der Waals surface area contributed by atoms with Crippen molar-refractivity contribution in [2.24, 2.45) is 16.1 Å². The molecular weight excluding hydrogens is 290 g/mol. The molecule has 0 spiro atoms. The largest absolute Gasteiger partial charge is 0.465 e. The fraction of sp³-hybridized carbons (Fsp3) is 0.611. The van der Waals surface area contributed by atoms with Crippen LogP contribution in [0, 0.1) is 12.8 Å². The summed E-state index contributed by atoms with van der Waals surface area (Å²) < 4.78 is 4.84. The van der Waals surface area contributed by atoms with Crippen LogP contribution in [0.1, 0.15) is 49.7 Å². The van der Waals surface area contributed by atoms with Crippen molar-refractivity contribution < 1.29 is 9.53 Å². The van der Waals surface area contributed by atoms with E-state index in [1.165, 1.54) is 24.0 Å². The average molecular weight is 317 g/mol. The Morgan fingerprint density at radius 3 is 2.83 bits per heavy atom. The predicted octanol–water partition coefficient (Wildman–Crippen LogP) is 3.87. The lowest BCUT2D eigenvalue weighted by Gasteiger charge is -2.31. The third-order valence-corrected chi connectivity index (χ3v) is 4.47. The van der Waals surface area contributed by atoms with Crippen LogP contribution >= 0.6 is 0 Å². The van der Waals surface area contributed by atoms with Gasteiger partial charge < -0.3 is 10.5 Å². The number of esters is 1. The Morgan fingerprint density at radius 1 is 1.30 bits per heavy atom. The number of benzene rings is 1. The monoisotopic (exact) mass is 317 g/mol. The van der Waals surface area contributed by atoms with E-state index in [1.807, 2.05) is 6.07 Å². The Labute approximate surface area is 138 Å². The van der Waals surface area contributed by atoms with Gasteiger partial charge in [0.1, 0.15) is 0 Å². The summed E-state index contributed by atoms with van der Waals surface area (Å²) in [5, 5.41) is 8.19. The van der Waals surface area contributed by atoms with E-state index >= 15 is 0 Å². The highest BCUT2D eigenvalue weighted by atomic mass is 16.5. The first kappa shape index (κ1) is 17.4. The number of nitrogen functional groups attached to an aromatic ring is 1. The number of anilines is 1. The topological polar surface area (TPSA) is 77.0 Å². The van der Waals surface area contributed by atoms with Gasteiger partial charge in [-0.05, 0) is 55.7 Å². The van der Waals surface area contributed by atoms with Crippen LogP contribution in [0.2, 0.25) is 0 Å². The minimum atomic E-state index is -0.320. The van der Waals surface area contributed by atoms with Crippen molar-refractivity contribution in [3.63, 3.8) is 0 Å². The third-order valence-electron chi connectivity index (χ3n) is 4.47. The molecule has 1 aliphatic carbocycles. The standard InChI is InChI=1S/C18H27N3O2/c1-3-23-18(22)12-21-20-11-14-6-4-5-7-15(14)16-9-8-13(2)10-17(16)19/h8-10,14-15H,3-7,11-12,19H2,1-2H3. The number of carbonyl (C=O) groups excluding carboxylic acids is 1. The first-order valence-corrected chi connectivity index (χ1v) is 8.46. The number of nitrogens with two attached hydrogens (primary N) is 1. The molecule has 1 aliphatic rings. The molecule has 5 nitrogen and oxygen atoms in total. The Balaban J connectivity index is 1.98. The number of nitrogens with zero attached hydrogens (tertiary/aromatic N) is 2. The van der Waals surface area contributed by atoms with Gasteiger partial charge in [0, 0.05) is 5.69 Å². The second-order valence-electron chi connectivity index (χ2n) is 6.21. The number of hydrogen-bond donors (Lipinski definition) is 1. The number of rotatable bonds is 6. The number of aryl methyl sites for hydroxylation is 1. The summed E-state index contributed by atoms with van der Waals surface area (Å²) in [6.45, 7) is 4.89. The fourth-order valence-corrected chi connectivity index (χ4v) is 3.34. The predicted molar refractivity (Wildman–Crippen MR) is 91.5 cm³/mol. The molecular formula is C18H27N3O2. The second-order valence-corrected chi connectivity index (χ2v) is 6.21. The molecule has 1 saturated carbocycles. The number of hydrogen-bond acceptors (Lipinski definition) is 5. The van der Waals surface area contributed by atoms with E-state index in [4.69, 9.17) is 10.5 Å². The number of carbonyl (C=O) groups is 1. The maximum atomic E-state index is 11.3. The molecule has 1 fully saturated rings. The van der Waals surface area contributed by atoms with E-state index in [0.717, 1.165) is 18.5 Å². The summed E-state index contributed by atoms with van der Waals surface area (Å²) in [7, 11) is 0. The van der Waals surface area contributed by atoms with Crippen LogP contribution in [-0.2, 0) is 9.53 Å². The van der Waals surface area contributed by atoms with Gasteiger partial charge in [-0.15, -0.1) is 0 Å². The van der Waals surface area contributed by atoms with Gasteiger partial charge in [0.15, 0.2) is 6.54 Å². The van der Waals surface area contributed by atoms with Crippen LogP contribution in [0.25, 0.3) is 0 Å². The summed E-state index contributed by atoms with van der Waals surface area (Å²) >= 11 is 0. The average Bonchev–Trinajstić information content (AvgIpc) is 2.52. The molecule has 1 aromatic rings. The summed E-state index contributed by atoms with van der Waals surface area (Å²) in [6, 6.07) is 6.33. The zero-order valence-corrected chi connectivity index (χ0v) is 14.1. The van der Waals surface area contributed by atoms with Crippen molar-refractivity contribution in [2.45, 2.75) is 45.4 Å². The van der Waals surface area contributed by atoms with Gasteiger partial charge in [0.05, 0.1) is 13.2 Å². The van der Waals surface area contributed by atoms with Gasteiger partial charge >= 0.3 is 5.97 Å². The van der Waals surface area contributed by atoms with E-state index in [1.54, 1.807) is 6.92 Å². The number of azo groups is 1. The molecule has 0 amide bonds. The minimum absolute atomic E-state index is 0.0118.